The van der Waals surface area contributed by atoms with Gasteiger partial charge in [0.05, 0.1) is 0 Å². The number of hydrogen-bond acceptors (Lipinski definition) is 6. The number of pyridine rings is 2. The second-order valence-corrected chi connectivity index (χ2v) is 37.7. The molecule has 0 aliphatic heterocycles. The first-order chi connectivity index (χ1) is 30.6. The van der Waals surface area contributed by atoms with Gasteiger partial charge in [-0.25, -0.2) is 9.97 Å². The zero-order chi connectivity index (χ0) is 46.9. The highest BCUT2D eigenvalue weighted by Gasteiger charge is 2.49. The van der Waals surface area contributed by atoms with Crippen LogP contribution in [0, 0.1) is 0 Å². The van der Waals surface area contributed by atoms with E-state index >= 15 is 0 Å². The molecule has 0 bridgehead atoms. The highest BCUT2D eigenvalue weighted by atomic mass is 35.5. The Balaban J connectivity index is 1.70. The molecule has 64 heavy (non-hydrogen) atoms. The van der Waals surface area contributed by atoms with Gasteiger partial charge in [0.2, 0.25) is 0 Å². The quantitative estimate of drug-likeness (QED) is 0.0506. The van der Waals surface area contributed by atoms with E-state index in [1.807, 2.05) is 24.5 Å². The molecule has 0 saturated carbocycles. The van der Waals surface area contributed by atoms with E-state index in [4.69, 9.17) is 40.9 Å². The summed E-state index contributed by atoms with van der Waals surface area (Å²) < 4.78 is 30.3. The van der Waals surface area contributed by atoms with Crippen molar-refractivity contribution < 1.29 is 17.7 Å². The van der Waals surface area contributed by atoms with E-state index in [1.165, 1.54) is 0 Å². The van der Waals surface area contributed by atoms with Crippen molar-refractivity contribution in [1.82, 2.24) is 9.97 Å². The van der Waals surface area contributed by atoms with E-state index in [0.29, 0.717) is 10.3 Å². The Labute approximate surface area is 401 Å². The topological polar surface area (TPSA) is 62.7 Å². The molecule has 2 heterocycles. The van der Waals surface area contributed by atoms with E-state index in [0.717, 1.165) is 94.8 Å². The number of hydrogen-bond donors (Lipinski definition) is 0. The second kappa shape index (κ2) is 21.8. The van der Waals surface area contributed by atoms with Crippen molar-refractivity contribution in [3.05, 3.63) is 142 Å². The molecule has 0 amide bonds. The molecule has 0 unspecified atom stereocenters. The minimum absolute atomic E-state index is 0.467. The van der Waals surface area contributed by atoms with Gasteiger partial charge in [0.1, 0.15) is 32.7 Å². The molecule has 5 rings (SSSR count). The van der Waals surface area contributed by atoms with Crippen molar-refractivity contribution >= 4 is 56.5 Å². The predicted octanol–water partition coefficient (Wildman–Crippen LogP) is 16.3. The molecular formula is C52H78Cl2N2O4Si4. The van der Waals surface area contributed by atoms with Gasteiger partial charge in [0, 0.05) is 23.5 Å². The fraction of sp³-hybridized carbons (Fsp3) is 0.538. The summed E-state index contributed by atoms with van der Waals surface area (Å²) in [6, 6.07) is 29.3. The molecule has 3 aromatic rings. The Morgan fingerprint density at radius 1 is 0.328 bits per heavy atom. The molecule has 0 atom stereocenters. The van der Waals surface area contributed by atoms with Gasteiger partial charge in [0.25, 0.3) is 0 Å². The molecule has 350 valence electrons. The highest BCUT2D eigenvalue weighted by Crippen LogP contribution is 2.49. The third-order valence-electron chi connectivity index (χ3n) is 15.7. The summed E-state index contributed by atoms with van der Waals surface area (Å²) in [5.74, 6) is 0. The minimum atomic E-state index is -2.18. The Morgan fingerprint density at radius 2 is 0.516 bits per heavy atom. The van der Waals surface area contributed by atoms with Crippen molar-refractivity contribution in [1.29, 1.82) is 0 Å². The van der Waals surface area contributed by atoms with Crippen LogP contribution in [0.1, 0.15) is 105 Å². The summed E-state index contributed by atoms with van der Waals surface area (Å²) in [5, 5.41) is 0.934. The lowest BCUT2D eigenvalue weighted by Gasteiger charge is -2.46. The van der Waals surface area contributed by atoms with E-state index < -0.39 is 55.7 Å². The molecule has 0 radical (unpaired) electrons. The molecule has 1 aromatic carbocycles. The van der Waals surface area contributed by atoms with Gasteiger partial charge in [0.15, 0.2) is 33.3 Å². The number of halogens is 2. The number of benzene rings is 1. The average Bonchev–Trinajstić information content (AvgIpc) is 3.35. The third kappa shape index (κ3) is 10.6. The Morgan fingerprint density at radius 3 is 0.688 bits per heavy atom. The lowest BCUT2D eigenvalue weighted by Crippen LogP contribution is -2.48. The monoisotopic (exact) mass is 976 g/mol. The van der Waals surface area contributed by atoms with Crippen LogP contribution >= 0.6 is 23.2 Å². The van der Waals surface area contributed by atoms with Crippen LogP contribution in [0.3, 0.4) is 0 Å². The molecule has 2 aliphatic rings. The van der Waals surface area contributed by atoms with Gasteiger partial charge in [-0.3, -0.25) is 0 Å². The van der Waals surface area contributed by atoms with Crippen LogP contribution in [0.5, 0.6) is 0 Å². The zero-order valence-electron chi connectivity index (χ0n) is 41.2. The fourth-order valence-corrected chi connectivity index (χ4v) is 21.8. The van der Waals surface area contributed by atoms with Gasteiger partial charge < -0.3 is 17.7 Å². The van der Waals surface area contributed by atoms with Crippen molar-refractivity contribution in [2.75, 3.05) is 0 Å². The standard InChI is InChI=1S/C52H78Cl2N2O4Si4/c1-13-61(14-2,15-3)57-49(33-37-51(38-34-49,45-29-31-47(53)55-41-45)59-63(19-7,20-8)21-9)43-25-27-44(28-26-43)50(58-62(16-4,17-5)18-6)35-39-52(40-36-50,46-30-32-48(54)56-42-46)60-64(22-10,23-11)24-12/h25-42H,13-24H2,1-12H3. The number of aromatic nitrogens is 2. The molecular weight excluding hydrogens is 900 g/mol. The van der Waals surface area contributed by atoms with Gasteiger partial charge in [-0.05, 0) is 144 Å². The van der Waals surface area contributed by atoms with E-state index in [-0.39, 0.29) is 0 Å². The maximum Gasteiger partial charge on any atom is 0.194 e. The lowest BCUT2D eigenvalue weighted by atomic mass is 9.80. The van der Waals surface area contributed by atoms with Crippen LogP contribution in [-0.4, -0.2) is 43.2 Å². The molecule has 0 saturated heterocycles. The summed E-state index contributed by atoms with van der Waals surface area (Å²) in [7, 11) is -8.60. The SMILES string of the molecule is CC[Si](CC)(CC)OC1(c2ccc(C3(O[Si](CC)(CC)CC)C=CC(O[Si](CC)(CC)CC)(c4ccc(Cl)nc4)C=C3)cc2)C=CC(O[Si](CC)(CC)CC)(c2ccc(Cl)nc2)C=C1. The minimum Gasteiger partial charge on any atom is -0.401 e. The summed E-state index contributed by atoms with van der Waals surface area (Å²) in [6.07, 6.45) is 21.9. The van der Waals surface area contributed by atoms with Gasteiger partial charge in [-0.15, -0.1) is 0 Å². The molecule has 2 aromatic heterocycles. The third-order valence-corrected chi connectivity index (χ3v) is 34.7. The predicted molar refractivity (Wildman–Crippen MR) is 281 cm³/mol. The first kappa shape index (κ1) is 52.7. The largest absolute Gasteiger partial charge is 0.401 e. The van der Waals surface area contributed by atoms with Crippen molar-refractivity contribution in [2.45, 2.75) is 178 Å². The Kier molecular flexibility index (Phi) is 18.0. The van der Waals surface area contributed by atoms with Crippen LogP contribution in [0.2, 0.25) is 82.8 Å². The summed E-state index contributed by atoms with van der Waals surface area (Å²) in [6.45, 7) is 27.5. The van der Waals surface area contributed by atoms with Gasteiger partial charge in [-0.1, -0.05) is 143 Å². The van der Waals surface area contributed by atoms with Crippen LogP contribution in [0.25, 0.3) is 0 Å². The van der Waals surface area contributed by atoms with Crippen LogP contribution in [-0.2, 0) is 40.1 Å². The second-order valence-electron chi connectivity index (χ2n) is 18.2. The summed E-state index contributed by atoms with van der Waals surface area (Å²) in [5.41, 5.74) is 0.940. The van der Waals surface area contributed by atoms with Crippen LogP contribution in [0.4, 0.5) is 0 Å². The first-order valence-electron chi connectivity index (χ1n) is 24.6. The molecule has 0 N–H and O–H groups in total. The lowest BCUT2D eigenvalue weighted by molar-refractivity contribution is 0.119. The van der Waals surface area contributed by atoms with Crippen molar-refractivity contribution in [3.63, 3.8) is 0 Å². The summed E-state index contributed by atoms with van der Waals surface area (Å²) >= 11 is 12.7. The Hall–Kier alpha value is -2.23. The normalized spacial score (nSPS) is 23.8. The van der Waals surface area contributed by atoms with Crippen LogP contribution in [0.15, 0.2) is 110 Å². The van der Waals surface area contributed by atoms with E-state index in [2.05, 4.69) is 178 Å². The van der Waals surface area contributed by atoms with Gasteiger partial charge >= 0.3 is 0 Å². The molecule has 12 heteroatoms. The first-order valence-corrected chi connectivity index (χ1v) is 35.4. The number of nitrogens with zero attached hydrogens (tertiary/aromatic N) is 2. The smallest absolute Gasteiger partial charge is 0.194 e. The number of rotatable bonds is 24. The highest BCUT2D eigenvalue weighted by molar-refractivity contribution is 6.75. The van der Waals surface area contributed by atoms with Crippen LogP contribution < -0.4 is 0 Å². The maximum absolute atomic E-state index is 7.67. The summed E-state index contributed by atoms with van der Waals surface area (Å²) in [4.78, 5) is 9.08. The molecule has 0 fully saturated rings. The van der Waals surface area contributed by atoms with Crippen molar-refractivity contribution in [3.8, 4) is 0 Å². The zero-order valence-corrected chi connectivity index (χ0v) is 46.7. The maximum atomic E-state index is 7.67. The van der Waals surface area contributed by atoms with E-state index in [9.17, 15) is 0 Å². The van der Waals surface area contributed by atoms with Crippen molar-refractivity contribution in [2.24, 2.45) is 0 Å². The molecule has 2 aliphatic carbocycles. The molecule has 6 nitrogen and oxygen atoms in total. The molecule has 0 spiro atoms. The fourth-order valence-electron chi connectivity index (χ4n) is 9.99. The Bertz CT molecular complexity index is 1870. The van der Waals surface area contributed by atoms with E-state index in [1.54, 1.807) is 0 Å². The van der Waals surface area contributed by atoms with Gasteiger partial charge in [-0.2, -0.15) is 0 Å². The average molecular weight is 978 g/mol.